The summed E-state index contributed by atoms with van der Waals surface area (Å²) in [5.74, 6) is 15.4. The third-order valence-electron chi connectivity index (χ3n) is 6.69. The number of hydrogen-bond donors (Lipinski definition) is 0. The smallest absolute Gasteiger partial charge is 0.119 e. The van der Waals surface area contributed by atoms with Gasteiger partial charge < -0.3 is 4.74 Å². The molecule has 0 N–H and O–H groups in total. The van der Waals surface area contributed by atoms with E-state index >= 15 is 0 Å². The average molecular weight is 447 g/mol. The number of rotatable bonds is 13. The van der Waals surface area contributed by atoms with Crippen molar-refractivity contribution in [2.24, 2.45) is 11.8 Å². The molecule has 0 amide bonds. The SMILES string of the molecule is CCCCCCCOc1ccc(C#C/C=C/C#C[C@H]2CC[C@H](CCCCCCC)CC2)cc1. The third kappa shape index (κ3) is 13.2. The first-order valence-electron chi connectivity index (χ1n) is 13.7. The van der Waals surface area contributed by atoms with Gasteiger partial charge in [-0.3, -0.25) is 0 Å². The first kappa shape index (κ1) is 27.1. The van der Waals surface area contributed by atoms with Crippen LogP contribution >= 0.6 is 0 Å². The largest absolute Gasteiger partial charge is 0.494 e. The molecule has 0 atom stereocenters. The van der Waals surface area contributed by atoms with Crippen LogP contribution < -0.4 is 4.74 Å². The molecule has 0 spiro atoms. The maximum atomic E-state index is 5.82. The van der Waals surface area contributed by atoms with Crippen LogP contribution in [0.4, 0.5) is 0 Å². The lowest BCUT2D eigenvalue weighted by atomic mass is 9.80. The van der Waals surface area contributed by atoms with E-state index in [1.54, 1.807) is 0 Å². The van der Waals surface area contributed by atoms with Gasteiger partial charge in [0, 0.05) is 11.5 Å². The van der Waals surface area contributed by atoms with E-state index in [9.17, 15) is 0 Å². The Labute approximate surface area is 204 Å². The summed E-state index contributed by atoms with van der Waals surface area (Å²) in [4.78, 5) is 0. The number of ether oxygens (including phenoxy) is 1. The average Bonchev–Trinajstić information content (AvgIpc) is 2.85. The molecule has 0 radical (unpaired) electrons. The topological polar surface area (TPSA) is 9.23 Å². The van der Waals surface area contributed by atoms with Gasteiger partial charge in [-0.15, -0.1) is 0 Å². The molecule has 1 aliphatic rings. The second-order valence-corrected chi connectivity index (χ2v) is 9.60. The van der Waals surface area contributed by atoms with Gasteiger partial charge in [0.2, 0.25) is 0 Å². The number of benzene rings is 1. The molecule has 0 aliphatic heterocycles. The van der Waals surface area contributed by atoms with Crippen LogP contribution in [-0.2, 0) is 0 Å². The summed E-state index contributed by atoms with van der Waals surface area (Å²) >= 11 is 0. The van der Waals surface area contributed by atoms with Crippen LogP contribution in [-0.4, -0.2) is 6.61 Å². The maximum absolute atomic E-state index is 5.82. The quantitative estimate of drug-likeness (QED) is 0.217. The van der Waals surface area contributed by atoms with Crippen molar-refractivity contribution in [3.05, 3.63) is 42.0 Å². The summed E-state index contributed by atoms with van der Waals surface area (Å²) < 4.78 is 5.82. The lowest BCUT2D eigenvalue weighted by Gasteiger charge is -2.25. The highest BCUT2D eigenvalue weighted by Gasteiger charge is 2.19. The van der Waals surface area contributed by atoms with E-state index in [-0.39, 0.29) is 0 Å². The molecular formula is C32H46O. The van der Waals surface area contributed by atoms with Crippen molar-refractivity contribution in [3.63, 3.8) is 0 Å². The molecular weight excluding hydrogens is 400 g/mol. The Morgan fingerprint density at radius 2 is 1.39 bits per heavy atom. The second kappa shape index (κ2) is 18.3. The van der Waals surface area contributed by atoms with Gasteiger partial charge in [-0.1, -0.05) is 102 Å². The van der Waals surface area contributed by atoms with Gasteiger partial charge in [-0.2, -0.15) is 0 Å². The minimum atomic E-state index is 0.582. The normalized spacial score (nSPS) is 17.8. The van der Waals surface area contributed by atoms with E-state index in [4.69, 9.17) is 4.74 Å². The van der Waals surface area contributed by atoms with Crippen LogP contribution in [0.15, 0.2) is 36.4 Å². The predicted octanol–water partition coefficient (Wildman–Crippen LogP) is 9.11. The molecule has 1 nitrogen and oxygen atoms in total. The van der Waals surface area contributed by atoms with E-state index in [0.717, 1.165) is 30.3 Å². The minimum Gasteiger partial charge on any atom is -0.494 e. The van der Waals surface area contributed by atoms with E-state index < -0.39 is 0 Å². The molecule has 33 heavy (non-hydrogen) atoms. The van der Waals surface area contributed by atoms with Crippen molar-refractivity contribution in [2.45, 2.75) is 110 Å². The van der Waals surface area contributed by atoms with Crippen molar-refractivity contribution in [3.8, 4) is 29.4 Å². The van der Waals surface area contributed by atoms with Gasteiger partial charge in [0.25, 0.3) is 0 Å². The Hall–Kier alpha value is -2.12. The summed E-state index contributed by atoms with van der Waals surface area (Å²) in [6, 6.07) is 8.09. The fraction of sp³-hybridized carbons (Fsp3) is 0.625. The van der Waals surface area contributed by atoms with Crippen LogP contribution in [0.3, 0.4) is 0 Å². The monoisotopic (exact) mass is 446 g/mol. The highest BCUT2D eigenvalue weighted by atomic mass is 16.5. The summed E-state index contributed by atoms with van der Waals surface area (Å²) in [5.41, 5.74) is 1.01. The lowest BCUT2D eigenvalue weighted by Crippen LogP contribution is -2.13. The molecule has 0 bridgehead atoms. The molecule has 0 heterocycles. The van der Waals surface area contributed by atoms with Gasteiger partial charge in [-0.05, 0) is 74.4 Å². The van der Waals surface area contributed by atoms with E-state index in [1.807, 2.05) is 36.4 Å². The van der Waals surface area contributed by atoms with Crippen LogP contribution in [0.1, 0.15) is 116 Å². The predicted molar refractivity (Wildman–Crippen MR) is 143 cm³/mol. The van der Waals surface area contributed by atoms with Gasteiger partial charge in [-0.25, -0.2) is 0 Å². The standard InChI is InChI=1S/C32H46O/c1-3-5-7-9-13-17-29-20-22-30(23-21-29)18-14-10-11-15-19-31-24-26-32(27-25-31)33-28-16-12-8-6-4-2/h10-11,24-27,29-30H,3-9,12-13,16-17,20-23,28H2,1-2H3/b11-10+/t29-,30-. The molecule has 1 aliphatic carbocycles. The minimum absolute atomic E-state index is 0.582. The van der Waals surface area contributed by atoms with Crippen LogP contribution in [0.2, 0.25) is 0 Å². The highest BCUT2D eigenvalue weighted by Crippen LogP contribution is 2.31. The van der Waals surface area contributed by atoms with Crippen molar-refractivity contribution >= 4 is 0 Å². The zero-order valence-corrected chi connectivity index (χ0v) is 21.3. The van der Waals surface area contributed by atoms with Crippen molar-refractivity contribution < 1.29 is 4.74 Å². The van der Waals surface area contributed by atoms with Gasteiger partial charge in [0.15, 0.2) is 0 Å². The van der Waals surface area contributed by atoms with Crippen molar-refractivity contribution in [1.82, 2.24) is 0 Å². The summed E-state index contributed by atoms with van der Waals surface area (Å²) in [7, 11) is 0. The summed E-state index contributed by atoms with van der Waals surface area (Å²) in [5, 5.41) is 0. The molecule has 2 rings (SSSR count). The fourth-order valence-corrected chi connectivity index (χ4v) is 4.54. The Kier molecular flexibility index (Phi) is 15.1. The molecule has 1 aromatic rings. The lowest BCUT2D eigenvalue weighted by molar-refractivity contribution is 0.294. The maximum Gasteiger partial charge on any atom is 0.119 e. The van der Waals surface area contributed by atoms with Gasteiger partial charge >= 0.3 is 0 Å². The molecule has 0 aromatic heterocycles. The zero-order chi connectivity index (χ0) is 23.4. The van der Waals surface area contributed by atoms with E-state index in [2.05, 4.69) is 37.5 Å². The molecule has 1 aromatic carbocycles. The Balaban J connectivity index is 1.60. The Morgan fingerprint density at radius 1 is 0.758 bits per heavy atom. The number of unbranched alkanes of at least 4 members (excludes halogenated alkanes) is 8. The van der Waals surface area contributed by atoms with E-state index in [0.29, 0.717) is 5.92 Å². The van der Waals surface area contributed by atoms with Crippen LogP contribution in [0.5, 0.6) is 5.75 Å². The van der Waals surface area contributed by atoms with Crippen molar-refractivity contribution in [2.75, 3.05) is 6.61 Å². The fourth-order valence-electron chi connectivity index (χ4n) is 4.54. The third-order valence-corrected chi connectivity index (χ3v) is 6.69. The first-order valence-corrected chi connectivity index (χ1v) is 13.7. The Bertz CT molecular complexity index is 757. The van der Waals surface area contributed by atoms with E-state index in [1.165, 1.54) is 89.9 Å². The zero-order valence-electron chi connectivity index (χ0n) is 21.3. The number of hydrogen-bond acceptors (Lipinski definition) is 1. The highest BCUT2D eigenvalue weighted by molar-refractivity contribution is 5.40. The Morgan fingerprint density at radius 3 is 2.09 bits per heavy atom. The summed E-state index contributed by atoms with van der Waals surface area (Å²) in [6.07, 6.45) is 23.8. The van der Waals surface area contributed by atoms with Crippen molar-refractivity contribution in [1.29, 1.82) is 0 Å². The van der Waals surface area contributed by atoms with Gasteiger partial charge in [0.05, 0.1) is 6.61 Å². The van der Waals surface area contributed by atoms with Crippen LogP contribution in [0, 0.1) is 35.5 Å². The molecule has 1 saturated carbocycles. The number of allylic oxidation sites excluding steroid dienone is 2. The molecule has 0 saturated heterocycles. The molecule has 1 heteroatoms. The molecule has 180 valence electrons. The molecule has 1 fully saturated rings. The van der Waals surface area contributed by atoms with Gasteiger partial charge in [0.1, 0.15) is 5.75 Å². The molecule has 0 unspecified atom stereocenters. The second-order valence-electron chi connectivity index (χ2n) is 9.60. The van der Waals surface area contributed by atoms with Crippen LogP contribution in [0.25, 0.3) is 0 Å². The first-order chi connectivity index (χ1) is 16.3. The summed E-state index contributed by atoms with van der Waals surface area (Å²) in [6.45, 7) is 5.33.